The van der Waals surface area contributed by atoms with E-state index in [2.05, 4.69) is 27.8 Å². The van der Waals surface area contributed by atoms with Crippen molar-refractivity contribution in [3.63, 3.8) is 0 Å². The summed E-state index contributed by atoms with van der Waals surface area (Å²) in [6.45, 7) is 4.81. The van der Waals surface area contributed by atoms with Crippen LogP contribution < -0.4 is 10.1 Å². The van der Waals surface area contributed by atoms with Crippen LogP contribution in [0.15, 0.2) is 41.4 Å². The maximum atomic E-state index is 11.4. The number of carbonyl (C=O) groups excluding carboxylic acids is 1. The molecule has 3 nitrogen and oxygen atoms in total. The van der Waals surface area contributed by atoms with Crippen LogP contribution in [0.25, 0.3) is 0 Å². The Labute approximate surface area is 116 Å². The van der Waals surface area contributed by atoms with Gasteiger partial charge in [-0.2, -0.15) is 0 Å². The fourth-order valence-electron chi connectivity index (χ4n) is 1.36. The minimum Gasteiger partial charge on any atom is -0.494 e. The second-order valence-corrected chi connectivity index (χ2v) is 4.75. The van der Waals surface area contributed by atoms with Gasteiger partial charge in [0.05, 0.1) is 6.61 Å². The summed E-state index contributed by atoms with van der Waals surface area (Å²) in [5.41, 5.74) is 0. The van der Waals surface area contributed by atoms with Crippen LogP contribution in [0, 0.1) is 0 Å². The lowest BCUT2D eigenvalue weighted by atomic mass is 10.3. The maximum absolute atomic E-state index is 11.4. The van der Waals surface area contributed by atoms with Crippen molar-refractivity contribution in [3.05, 3.63) is 41.4 Å². The molecule has 4 heteroatoms. The molecule has 0 aromatic heterocycles. The smallest absolute Gasteiger partial charge is 0.220 e. The van der Waals surface area contributed by atoms with Crippen molar-refractivity contribution in [3.8, 4) is 5.75 Å². The van der Waals surface area contributed by atoms with Crippen LogP contribution in [0.5, 0.6) is 5.75 Å². The zero-order chi connectivity index (χ0) is 13.2. The zero-order valence-corrected chi connectivity index (χ0v) is 11.9. The predicted octanol–water partition coefficient (Wildman–Crippen LogP) is 3.30. The van der Waals surface area contributed by atoms with Gasteiger partial charge in [-0.15, -0.1) is 6.58 Å². The van der Waals surface area contributed by atoms with Gasteiger partial charge in [0.15, 0.2) is 0 Å². The van der Waals surface area contributed by atoms with Gasteiger partial charge in [0, 0.05) is 17.4 Å². The molecule has 0 spiro atoms. The minimum absolute atomic E-state index is 0.0660. The maximum Gasteiger partial charge on any atom is 0.220 e. The average molecular weight is 312 g/mol. The molecule has 0 aliphatic rings. The first-order chi connectivity index (χ1) is 8.72. The summed E-state index contributed by atoms with van der Waals surface area (Å²) >= 11 is 3.36. The molecule has 0 radical (unpaired) electrons. The van der Waals surface area contributed by atoms with E-state index in [1.165, 1.54) is 0 Å². The SMILES string of the molecule is C=CCCNC(=O)CCCOc1ccc(Br)cc1. The van der Waals surface area contributed by atoms with E-state index >= 15 is 0 Å². The molecule has 0 bridgehead atoms. The molecule has 1 aromatic rings. The Morgan fingerprint density at radius 1 is 1.39 bits per heavy atom. The third-order valence-electron chi connectivity index (χ3n) is 2.30. The number of hydrogen-bond acceptors (Lipinski definition) is 2. The van der Waals surface area contributed by atoms with Crippen LogP contribution in [0.1, 0.15) is 19.3 Å². The van der Waals surface area contributed by atoms with Gasteiger partial charge < -0.3 is 10.1 Å². The van der Waals surface area contributed by atoms with Gasteiger partial charge >= 0.3 is 0 Å². The van der Waals surface area contributed by atoms with Crippen molar-refractivity contribution in [1.29, 1.82) is 0 Å². The number of hydrogen-bond donors (Lipinski definition) is 1. The standard InChI is InChI=1S/C14H18BrNO2/c1-2-3-10-16-14(17)5-4-11-18-13-8-6-12(15)7-9-13/h2,6-9H,1,3-5,10-11H2,(H,16,17). The highest BCUT2D eigenvalue weighted by Crippen LogP contribution is 2.16. The summed E-state index contributed by atoms with van der Waals surface area (Å²) in [6, 6.07) is 7.65. The fraction of sp³-hybridized carbons (Fsp3) is 0.357. The highest BCUT2D eigenvalue weighted by molar-refractivity contribution is 9.10. The molecular weight excluding hydrogens is 294 g/mol. The summed E-state index contributed by atoms with van der Waals surface area (Å²) in [5, 5.41) is 2.82. The van der Waals surface area contributed by atoms with Gasteiger partial charge in [0.2, 0.25) is 5.91 Å². The highest BCUT2D eigenvalue weighted by atomic mass is 79.9. The number of halogens is 1. The van der Waals surface area contributed by atoms with Gasteiger partial charge in [-0.1, -0.05) is 22.0 Å². The Morgan fingerprint density at radius 2 is 2.11 bits per heavy atom. The van der Waals surface area contributed by atoms with Crippen LogP contribution in [0.4, 0.5) is 0 Å². The molecule has 0 heterocycles. The van der Waals surface area contributed by atoms with E-state index in [1.54, 1.807) is 6.08 Å². The highest BCUT2D eigenvalue weighted by Gasteiger charge is 2.00. The summed E-state index contributed by atoms with van der Waals surface area (Å²) in [6.07, 6.45) is 3.81. The molecule has 1 amide bonds. The molecule has 0 unspecified atom stereocenters. The van der Waals surface area contributed by atoms with E-state index in [0.29, 0.717) is 19.6 Å². The van der Waals surface area contributed by atoms with Crippen LogP contribution >= 0.6 is 15.9 Å². The normalized spacial score (nSPS) is 9.83. The molecule has 0 fully saturated rings. The van der Waals surface area contributed by atoms with E-state index in [4.69, 9.17) is 4.74 Å². The Bertz CT molecular complexity index is 376. The topological polar surface area (TPSA) is 38.3 Å². The van der Waals surface area contributed by atoms with E-state index in [-0.39, 0.29) is 5.91 Å². The Hall–Kier alpha value is -1.29. The number of rotatable bonds is 8. The fourth-order valence-corrected chi connectivity index (χ4v) is 1.62. The van der Waals surface area contributed by atoms with Crippen LogP contribution in [-0.4, -0.2) is 19.1 Å². The van der Waals surface area contributed by atoms with Crippen molar-refractivity contribution < 1.29 is 9.53 Å². The van der Waals surface area contributed by atoms with Crippen LogP contribution in [0.3, 0.4) is 0 Å². The monoisotopic (exact) mass is 311 g/mol. The molecule has 0 atom stereocenters. The average Bonchev–Trinajstić information content (AvgIpc) is 2.37. The Kier molecular flexibility index (Phi) is 7.18. The molecule has 98 valence electrons. The van der Waals surface area contributed by atoms with Crippen molar-refractivity contribution in [2.75, 3.05) is 13.2 Å². The van der Waals surface area contributed by atoms with Gasteiger partial charge in [-0.25, -0.2) is 0 Å². The van der Waals surface area contributed by atoms with E-state index in [0.717, 1.165) is 23.1 Å². The molecule has 1 aromatic carbocycles. The molecule has 1 N–H and O–H groups in total. The molecule has 0 aliphatic carbocycles. The lowest BCUT2D eigenvalue weighted by Gasteiger charge is -2.06. The second-order valence-electron chi connectivity index (χ2n) is 3.83. The number of amides is 1. The van der Waals surface area contributed by atoms with Gasteiger partial charge in [-0.3, -0.25) is 4.79 Å². The quantitative estimate of drug-likeness (QED) is 0.591. The number of carbonyl (C=O) groups is 1. The molecule has 0 saturated carbocycles. The first-order valence-electron chi connectivity index (χ1n) is 5.98. The lowest BCUT2D eigenvalue weighted by Crippen LogP contribution is -2.24. The van der Waals surface area contributed by atoms with E-state index in [1.807, 2.05) is 24.3 Å². The number of nitrogens with one attached hydrogen (secondary N) is 1. The summed E-state index contributed by atoms with van der Waals surface area (Å²) in [4.78, 5) is 11.4. The first-order valence-corrected chi connectivity index (χ1v) is 6.77. The zero-order valence-electron chi connectivity index (χ0n) is 10.3. The third-order valence-corrected chi connectivity index (χ3v) is 2.83. The first kappa shape index (κ1) is 14.8. The van der Waals surface area contributed by atoms with Gasteiger partial charge in [0.1, 0.15) is 5.75 Å². The largest absolute Gasteiger partial charge is 0.494 e. The molecular formula is C14H18BrNO2. The van der Waals surface area contributed by atoms with Crippen LogP contribution in [0.2, 0.25) is 0 Å². The summed E-state index contributed by atoms with van der Waals surface area (Å²) in [5.74, 6) is 0.890. The van der Waals surface area contributed by atoms with Crippen molar-refractivity contribution >= 4 is 21.8 Å². The third kappa shape index (κ3) is 6.45. The van der Waals surface area contributed by atoms with Crippen molar-refractivity contribution in [2.45, 2.75) is 19.3 Å². The number of ether oxygens (including phenoxy) is 1. The number of benzene rings is 1. The molecule has 0 aliphatic heterocycles. The van der Waals surface area contributed by atoms with Crippen molar-refractivity contribution in [2.24, 2.45) is 0 Å². The minimum atomic E-state index is 0.0660. The predicted molar refractivity (Wildman–Crippen MR) is 76.7 cm³/mol. The van der Waals surface area contributed by atoms with E-state index in [9.17, 15) is 4.79 Å². The Morgan fingerprint density at radius 3 is 2.78 bits per heavy atom. The summed E-state index contributed by atoms with van der Waals surface area (Å²) < 4.78 is 6.54. The summed E-state index contributed by atoms with van der Waals surface area (Å²) in [7, 11) is 0. The van der Waals surface area contributed by atoms with Gasteiger partial charge in [0.25, 0.3) is 0 Å². The van der Waals surface area contributed by atoms with Gasteiger partial charge in [-0.05, 0) is 37.1 Å². The molecule has 1 rings (SSSR count). The van der Waals surface area contributed by atoms with E-state index < -0.39 is 0 Å². The Balaban J connectivity index is 2.09. The second kappa shape index (κ2) is 8.75. The lowest BCUT2D eigenvalue weighted by molar-refractivity contribution is -0.121. The van der Waals surface area contributed by atoms with Crippen molar-refractivity contribution in [1.82, 2.24) is 5.32 Å². The molecule has 0 saturated heterocycles. The molecule has 18 heavy (non-hydrogen) atoms. The van der Waals surface area contributed by atoms with Crippen LogP contribution in [-0.2, 0) is 4.79 Å².